The van der Waals surface area contributed by atoms with Crippen LogP contribution in [0.25, 0.3) is 0 Å². The Balaban J connectivity index is 1.63. The van der Waals surface area contributed by atoms with Crippen molar-refractivity contribution in [2.75, 3.05) is 20.8 Å². The van der Waals surface area contributed by atoms with Crippen molar-refractivity contribution in [1.82, 2.24) is 15.1 Å². The highest BCUT2D eigenvalue weighted by Gasteiger charge is 2.63. The van der Waals surface area contributed by atoms with E-state index in [1.807, 2.05) is 82.3 Å². The van der Waals surface area contributed by atoms with Crippen LogP contribution in [0, 0.1) is 5.41 Å². The molecule has 6 rings (SSSR count). The van der Waals surface area contributed by atoms with Crippen LogP contribution < -0.4 is 10.1 Å². The molecule has 0 bridgehead atoms. The Morgan fingerprint density at radius 1 is 1.07 bits per heavy atom. The van der Waals surface area contributed by atoms with Crippen molar-refractivity contribution in [3.63, 3.8) is 0 Å². The molecule has 1 N–H and O–H groups in total. The summed E-state index contributed by atoms with van der Waals surface area (Å²) in [5.41, 5.74) is 0.838. The van der Waals surface area contributed by atoms with Crippen molar-refractivity contribution < 1.29 is 23.8 Å². The van der Waals surface area contributed by atoms with Crippen LogP contribution in [0.4, 0.5) is 4.79 Å². The first kappa shape index (κ1) is 27.4. The number of fused-ring (bicyclic) bond motifs is 2. The number of hydrogen-bond acceptors (Lipinski definition) is 6. The minimum Gasteiger partial charge on any atom is -0.497 e. The van der Waals surface area contributed by atoms with Crippen molar-refractivity contribution in [1.29, 1.82) is 0 Å². The van der Waals surface area contributed by atoms with Gasteiger partial charge in [0.1, 0.15) is 40.9 Å². The highest BCUT2D eigenvalue weighted by Crippen LogP contribution is 2.57. The summed E-state index contributed by atoms with van der Waals surface area (Å²) in [5, 5.41) is 3.62. The van der Waals surface area contributed by atoms with Crippen molar-refractivity contribution in [2.24, 2.45) is 10.4 Å². The van der Waals surface area contributed by atoms with Crippen molar-refractivity contribution in [2.45, 2.75) is 51.5 Å². The van der Waals surface area contributed by atoms with Crippen LogP contribution in [-0.4, -0.2) is 60.0 Å². The van der Waals surface area contributed by atoms with E-state index in [0.29, 0.717) is 33.8 Å². The number of ether oxygens (including phenoxy) is 3. The first-order valence-electron chi connectivity index (χ1n) is 13.6. The van der Waals surface area contributed by atoms with E-state index < -0.39 is 23.1 Å². The van der Waals surface area contributed by atoms with Gasteiger partial charge in [-0.1, -0.05) is 35.9 Å². The fraction of sp³-hybridized carbons (Fsp3) is 0.387. The Hall–Kier alpha value is -3.82. The molecule has 2 aromatic carbocycles. The second-order valence-corrected chi connectivity index (χ2v) is 11.7. The molecule has 1 fully saturated rings. The predicted molar refractivity (Wildman–Crippen MR) is 154 cm³/mol. The van der Waals surface area contributed by atoms with E-state index in [0.717, 1.165) is 11.1 Å². The van der Waals surface area contributed by atoms with Crippen LogP contribution in [0.15, 0.2) is 76.8 Å². The van der Waals surface area contributed by atoms with Crippen molar-refractivity contribution in [3.8, 4) is 5.75 Å². The number of benzene rings is 2. The molecule has 3 heterocycles. The van der Waals surface area contributed by atoms with Gasteiger partial charge in [-0.25, -0.2) is 4.79 Å². The maximum atomic E-state index is 14.6. The van der Waals surface area contributed by atoms with Gasteiger partial charge < -0.3 is 19.5 Å². The number of halogens is 1. The molecule has 0 spiro atoms. The predicted octanol–water partition coefficient (Wildman–Crippen LogP) is 5.36. The molecule has 9 nitrogen and oxygen atoms in total. The molecule has 3 amide bonds. The second kappa shape index (κ2) is 9.63. The summed E-state index contributed by atoms with van der Waals surface area (Å²) in [6.07, 6.45) is 1.73. The van der Waals surface area contributed by atoms with Gasteiger partial charge in [0.2, 0.25) is 5.91 Å². The number of hydrogen-bond donors (Lipinski definition) is 1. The van der Waals surface area contributed by atoms with Crippen LogP contribution in [-0.2, 0) is 14.3 Å². The number of nitrogens with one attached hydrogen (secondary N) is 1. The molecule has 0 radical (unpaired) electrons. The lowest BCUT2D eigenvalue weighted by molar-refractivity contribution is -0.123. The number of nitrogens with zero attached hydrogens (tertiary/aromatic N) is 3. The van der Waals surface area contributed by atoms with Crippen LogP contribution in [0.3, 0.4) is 0 Å². The Morgan fingerprint density at radius 2 is 1.80 bits per heavy atom. The molecule has 1 aliphatic carbocycles. The third kappa shape index (κ3) is 4.05. The number of carbonyl (C=O) groups excluding carboxylic acids is 2. The summed E-state index contributed by atoms with van der Waals surface area (Å²) in [4.78, 5) is 36.2. The molecule has 10 heteroatoms. The van der Waals surface area contributed by atoms with Gasteiger partial charge >= 0.3 is 6.03 Å². The molecule has 2 aromatic rings. The van der Waals surface area contributed by atoms with Gasteiger partial charge in [-0.05, 0) is 69.2 Å². The van der Waals surface area contributed by atoms with E-state index in [9.17, 15) is 9.59 Å². The third-order valence-corrected chi connectivity index (χ3v) is 8.58. The quantitative estimate of drug-likeness (QED) is 0.500. The van der Waals surface area contributed by atoms with E-state index >= 15 is 0 Å². The van der Waals surface area contributed by atoms with Crippen molar-refractivity contribution in [3.05, 3.63) is 87.9 Å². The van der Waals surface area contributed by atoms with Gasteiger partial charge in [-0.2, -0.15) is 0 Å². The molecule has 0 aromatic heterocycles. The zero-order chi connectivity index (χ0) is 29.3. The number of methoxy groups -OCH3 is 2. The first-order chi connectivity index (χ1) is 19.5. The van der Waals surface area contributed by atoms with Crippen LogP contribution in [0.1, 0.15) is 50.9 Å². The summed E-state index contributed by atoms with van der Waals surface area (Å²) in [6, 6.07) is 13.9. The smallest absolute Gasteiger partial charge is 0.330 e. The number of rotatable bonds is 6. The summed E-state index contributed by atoms with van der Waals surface area (Å²) >= 11 is 6.25. The lowest BCUT2D eigenvalue weighted by atomic mass is 9.71. The van der Waals surface area contributed by atoms with Gasteiger partial charge in [-0.3, -0.25) is 19.6 Å². The monoisotopic (exact) mass is 576 g/mol. The zero-order valence-electron chi connectivity index (χ0n) is 23.9. The lowest BCUT2D eigenvalue weighted by Crippen LogP contribution is -2.66. The van der Waals surface area contributed by atoms with Gasteiger partial charge in [0.15, 0.2) is 0 Å². The lowest BCUT2D eigenvalue weighted by Gasteiger charge is -2.54. The highest BCUT2D eigenvalue weighted by molar-refractivity contribution is 6.30. The maximum absolute atomic E-state index is 14.6. The molecule has 3 aliphatic heterocycles. The van der Waals surface area contributed by atoms with Crippen LogP contribution >= 0.6 is 11.6 Å². The fourth-order valence-electron chi connectivity index (χ4n) is 6.33. The normalized spacial score (nSPS) is 28.7. The molecule has 4 atom stereocenters. The minimum atomic E-state index is -1.03. The summed E-state index contributed by atoms with van der Waals surface area (Å²) in [6.45, 7) is 7.63. The molecular weight excluding hydrogens is 544 g/mol. The molecule has 0 saturated carbocycles. The minimum absolute atomic E-state index is 0.137. The summed E-state index contributed by atoms with van der Waals surface area (Å²) < 4.78 is 18.0. The van der Waals surface area contributed by atoms with E-state index in [1.54, 1.807) is 24.0 Å². The topological polar surface area (TPSA) is 92.7 Å². The Bertz CT molecular complexity index is 1530. The molecule has 2 unspecified atom stereocenters. The molecule has 214 valence electrons. The Labute approximate surface area is 244 Å². The third-order valence-electron chi connectivity index (χ3n) is 8.33. The van der Waals surface area contributed by atoms with Crippen LogP contribution in [0.5, 0.6) is 5.75 Å². The van der Waals surface area contributed by atoms with Gasteiger partial charge in [0, 0.05) is 12.1 Å². The number of carbonyl (C=O) groups is 2. The second-order valence-electron chi connectivity index (χ2n) is 11.3. The Kier molecular flexibility index (Phi) is 6.43. The van der Waals surface area contributed by atoms with E-state index in [4.69, 9.17) is 30.8 Å². The fourth-order valence-corrected chi connectivity index (χ4v) is 6.45. The first-order valence-corrected chi connectivity index (χ1v) is 14.0. The number of urea groups is 1. The zero-order valence-corrected chi connectivity index (χ0v) is 24.7. The molecule has 41 heavy (non-hydrogen) atoms. The summed E-state index contributed by atoms with van der Waals surface area (Å²) in [7, 11) is 3.18. The molecule has 4 aliphatic rings. The standard InChI is InChI=1S/C31H33ClN4O5/c1-17(2)41-22-15-30(3,40-6)26-27-31(22,4)28-34-24(18-10-12-20(32)13-11-18)25(19-8-7-9-21(14-19)39-5)36(28)29(38)35(27)16-23(37)33-26/h7-15,17,24-25H,16H2,1-6H3,(H,33,37)/t24-,25+,30?,31?/m0/s1. The van der Waals surface area contributed by atoms with Gasteiger partial charge in [-0.15, -0.1) is 0 Å². The van der Waals surface area contributed by atoms with E-state index in [-0.39, 0.29) is 24.6 Å². The Morgan fingerprint density at radius 3 is 2.46 bits per heavy atom. The average molecular weight is 577 g/mol. The largest absolute Gasteiger partial charge is 0.497 e. The number of amides is 3. The highest BCUT2D eigenvalue weighted by atomic mass is 35.5. The number of aliphatic imine (C=N–C) groups is 1. The van der Waals surface area contributed by atoms with Crippen molar-refractivity contribution >= 4 is 29.4 Å². The van der Waals surface area contributed by atoms with E-state index in [2.05, 4.69) is 5.32 Å². The maximum Gasteiger partial charge on any atom is 0.330 e. The SMILES string of the molecule is COc1cccc([C@@H]2[C@H](c3ccc(Cl)cc3)N=C3N2C(=O)N2CC(=O)NC4=C2C3(C)C(OC(C)C)=CC4(C)OC)c1. The number of amidine groups is 1. The van der Waals surface area contributed by atoms with E-state index in [1.165, 1.54) is 0 Å². The summed E-state index contributed by atoms with van der Waals surface area (Å²) in [5.74, 6) is 1.52. The molecule has 1 saturated heterocycles. The van der Waals surface area contributed by atoms with Gasteiger partial charge in [0.05, 0.1) is 30.6 Å². The average Bonchev–Trinajstić information content (AvgIpc) is 3.36. The van der Waals surface area contributed by atoms with Crippen LogP contribution in [0.2, 0.25) is 5.02 Å². The molecular formula is C31H33ClN4O5. The van der Waals surface area contributed by atoms with Gasteiger partial charge in [0.25, 0.3) is 0 Å².